The van der Waals surface area contributed by atoms with Crippen LogP contribution in [0, 0.1) is 12.8 Å². The van der Waals surface area contributed by atoms with E-state index in [0.29, 0.717) is 5.56 Å². The molecule has 5 N–H and O–H groups in total. The maximum atomic E-state index is 13.2. The van der Waals surface area contributed by atoms with Crippen LogP contribution in [0.1, 0.15) is 58.3 Å². The predicted molar refractivity (Wildman–Crippen MR) is 143 cm³/mol. The van der Waals surface area contributed by atoms with E-state index in [1.807, 2.05) is 42.5 Å². The number of aromatic amines is 1. The highest BCUT2D eigenvalue weighted by molar-refractivity contribution is 6.05. The number of amides is 2. The molecule has 2 amide bonds. The van der Waals surface area contributed by atoms with Crippen LogP contribution in [0.15, 0.2) is 66.9 Å². The number of rotatable bonds is 9. The van der Waals surface area contributed by atoms with Crippen molar-refractivity contribution in [3.05, 3.63) is 89.2 Å². The second-order valence-corrected chi connectivity index (χ2v) is 9.53. The third-order valence-electron chi connectivity index (χ3n) is 6.48. The summed E-state index contributed by atoms with van der Waals surface area (Å²) in [6.45, 7) is 5.03. The van der Waals surface area contributed by atoms with Crippen molar-refractivity contribution >= 4 is 28.4 Å². The van der Waals surface area contributed by atoms with Crippen molar-refractivity contribution in [1.29, 1.82) is 0 Å². The standard InChI is InChI=1S/C29H30N4O5/c1-16(2)25(26(35)24-17(3)27(36)33-29(24)38)32-23(34)14-21(18-9-5-4-6-10-18)31-28(37)22-13-19-11-7-8-12-20(19)15-30-22/h4-13,15-16,21,25,33,36,38H,14H2,1-3H3,(H,31,37)(H,32,34)/t21-,25+/m0/s1. The Bertz CT molecular complexity index is 1480. The van der Waals surface area contributed by atoms with Crippen LogP contribution < -0.4 is 10.6 Å². The minimum atomic E-state index is -0.962. The van der Waals surface area contributed by atoms with Gasteiger partial charge in [-0.05, 0) is 29.9 Å². The monoisotopic (exact) mass is 514 g/mol. The fourth-order valence-electron chi connectivity index (χ4n) is 4.35. The molecule has 38 heavy (non-hydrogen) atoms. The molecule has 9 heteroatoms. The van der Waals surface area contributed by atoms with Gasteiger partial charge in [0, 0.05) is 17.1 Å². The van der Waals surface area contributed by atoms with E-state index in [2.05, 4.69) is 20.6 Å². The molecular weight excluding hydrogens is 484 g/mol. The molecule has 0 unspecified atom stereocenters. The van der Waals surface area contributed by atoms with E-state index in [4.69, 9.17) is 0 Å². The Kier molecular flexibility index (Phi) is 7.76. The zero-order valence-corrected chi connectivity index (χ0v) is 21.4. The Morgan fingerprint density at radius 2 is 1.58 bits per heavy atom. The van der Waals surface area contributed by atoms with Crippen molar-refractivity contribution in [2.24, 2.45) is 5.92 Å². The van der Waals surface area contributed by atoms with Gasteiger partial charge in [-0.2, -0.15) is 0 Å². The Hall–Kier alpha value is -4.66. The van der Waals surface area contributed by atoms with Crippen LogP contribution in [-0.2, 0) is 4.79 Å². The minimum absolute atomic E-state index is 0.0724. The van der Waals surface area contributed by atoms with Gasteiger partial charge < -0.3 is 20.8 Å². The SMILES string of the molecule is Cc1c(O)[nH]c(O)c1C(=O)[C@H](NC(=O)C[C@H](NC(=O)c1cc2ccccc2cn1)c1ccccc1)C(C)C. The molecule has 9 nitrogen and oxygen atoms in total. The summed E-state index contributed by atoms with van der Waals surface area (Å²) >= 11 is 0. The second kappa shape index (κ2) is 11.2. The van der Waals surface area contributed by atoms with Gasteiger partial charge in [-0.3, -0.25) is 24.4 Å². The molecule has 2 atom stereocenters. The quantitative estimate of drug-likeness (QED) is 0.212. The first-order valence-corrected chi connectivity index (χ1v) is 12.3. The molecule has 0 fully saturated rings. The van der Waals surface area contributed by atoms with Crippen LogP contribution in [0.2, 0.25) is 0 Å². The van der Waals surface area contributed by atoms with Crippen molar-refractivity contribution in [3.63, 3.8) is 0 Å². The van der Waals surface area contributed by atoms with Crippen LogP contribution in [-0.4, -0.2) is 43.8 Å². The molecule has 2 aromatic heterocycles. The van der Waals surface area contributed by atoms with E-state index in [1.165, 1.54) is 6.92 Å². The molecule has 196 valence electrons. The molecule has 0 spiro atoms. The van der Waals surface area contributed by atoms with E-state index in [-0.39, 0.29) is 35.0 Å². The fraction of sp³-hybridized carbons (Fsp3) is 0.241. The van der Waals surface area contributed by atoms with E-state index in [9.17, 15) is 24.6 Å². The Morgan fingerprint density at radius 3 is 2.21 bits per heavy atom. The first-order valence-electron chi connectivity index (χ1n) is 12.3. The number of aromatic hydroxyl groups is 2. The number of ketones is 1. The van der Waals surface area contributed by atoms with Gasteiger partial charge in [0.2, 0.25) is 11.8 Å². The summed E-state index contributed by atoms with van der Waals surface area (Å²) in [5.74, 6) is -2.50. The number of H-pyrrole nitrogens is 1. The largest absolute Gasteiger partial charge is 0.494 e. The lowest BCUT2D eigenvalue weighted by molar-refractivity contribution is -0.122. The smallest absolute Gasteiger partial charge is 0.270 e. The van der Waals surface area contributed by atoms with Gasteiger partial charge in [0.05, 0.1) is 24.1 Å². The molecule has 0 saturated heterocycles. The van der Waals surface area contributed by atoms with Crippen molar-refractivity contribution in [2.75, 3.05) is 0 Å². The van der Waals surface area contributed by atoms with Gasteiger partial charge in [-0.25, -0.2) is 0 Å². The molecule has 0 aliphatic carbocycles. The zero-order chi connectivity index (χ0) is 27.4. The molecule has 0 aliphatic rings. The van der Waals surface area contributed by atoms with Gasteiger partial charge in [-0.1, -0.05) is 68.4 Å². The zero-order valence-electron chi connectivity index (χ0n) is 21.4. The first kappa shape index (κ1) is 26.4. The van der Waals surface area contributed by atoms with Crippen LogP contribution in [0.5, 0.6) is 11.8 Å². The first-order chi connectivity index (χ1) is 18.2. The number of nitrogens with one attached hydrogen (secondary N) is 3. The number of fused-ring (bicyclic) bond motifs is 1. The molecular formula is C29H30N4O5. The van der Waals surface area contributed by atoms with E-state index < -0.39 is 35.6 Å². The number of nitrogens with zero attached hydrogens (tertiary/aromatic N) is 1. The molecule has 4 rings (SSSR count). The number of pyridine rings is 1. The Labute approximate surface area is 219 Å². The number of hydrogen-bond donors (Lipinski definition) is 5. The van der Waals surface area contributed by atoms with Gasteiger partial charge in [0.15, 0.2) is 11.7 Å². The highest BCUT2D eigenvalue weighted by atomic mass is 16.3. The highest BCUT2D eigenvalue weighted by Crippen LogP contribution is 2.30. The summed E-state index contributed by atoms with van der Waals surface area (Å²) in [5, 5.41) is 27.4. The Morgan fingerprint density at radius 1 is 0.921 bits per heavy atom. The maximum absolute atomic E-state index is 13.2. The van der Waals surface area contributed by atoms with Crippen LogP contribution in [0.3, 0.4) is 0 Å². The third-order valence-corrected chi connectivity index (χ3v) is 6.48. The number of hydrogen-bond acceptors (Lipinski definition) is 6. The van der Waals surface area contributed by atoms with E-state index in [0.717, 1.165) is 10.8 Å². The lowest BCUT2D eigenvalue weighted by Crippen LogP contribution is -2.45. The van der Waals surface area contributed by atoms with E-state index in [1.54, 1.807) is 38.2 Å². The van der Waals surface area contributed by atoms with Crippen LogP contribution in [0.4, 0.5) is 0 Å². The molecule has 2 aromatic carbocycles. The van der Waals surface area contributed by atoms with Crippen LogP contribution >= 0.6 is 0 Å². The lowest BCUT2D eigenvalue weighted by Gasteiger charge is -2.24. The molecule has 4 aromatic rings. The second-order valence-electron chi connectivity index (χ2n) is 9.53. The average Bonchev–Trinajstić information content (AvgIpc) is 3.17. The number of Topliss-reactive ketones (excluding diaryl/α,β-unsaturated/α-hetero) is 1. The summed E-state index contributed by atoms with van der Waals surface area (Å²) in [5.41, 5.74) is 1.06. The van der Waals surface area contributed by atoms with Gasteiger partial charge >= 0.3 is 0 Å². The van der Waals surface area contributed by atoms with Crippen molar-refractivity contribution in [2.45, 2.75) is 39.3 Å². The fourth-order valence-corrected chi connectivity index (χ4v) is 4.35. The molecule has 0 bridgehead atoms. The summed E-state index contributed by atoms with van der Waals surface area (Å²) < 4.78 is 0. The number of benzene rings is 2. The molecule has 0 saturated carbocycles. The third kappa shape index (κ3) is 5.67. The van der Waals surface area contributed by atoms with Gasteiger partial charge in [0.25, 0.3) is 5.91 Å². The normalized spacial score (nSPS) is 12.7. The van der Waals surface area contributed by atoms with Crippen molar-refractivity contribution in [1.82, 2.24) is 20.6 Å². The summed E-state index contributed by atoms with van der Waals surface area (Å²) in [6.07, 6.45) is 1.49. The predicted octanol–water partition coefficient (Wildman–Crippen LogP) is 4.17. The topological polar surface area (TPSA) is 144 Å². The summed E-state index contributed by atoms with van der Waals surface area (Å²) in [6, 6.07) is 16.7. The van der Waals surface area contributed by atoms with Crippen LogP contribution in [0.25, 0.3) is 10.8 Å². The van der Waals surface area contributed by atoms with Gasteiger partial charge in [0.1, 0.15) is 5.69 Å². The van der Waals surface area contributed by atoms with Crippen molar-refractivity contribution in [3.8, 4) is 11.8 Å². The molecule has 2 heterocycles. The minimum Gasteiger partial charge on any atom is -0.494 e. The molecule has 0 aliphatic heterocycles. The number of carbonyl (C=O) groups is 3. The average molecular weight is 515 g/mol. The Balaban J connectivity index is 1.54. The highest BCUT2D eigenvalue weighted by Gasteiger charge is 2.31. The molecule has 0 radical (unpaired) electrons. The summed E-state index contributed by atoms with van der Waals surface area (Å²) in [4.78, 5) is 46.2. The number of aromatic nitrogens is 2. The van der Waals surface area contributed by atoms with E-state index >= 15 is 0 Å². The summed E-state index contributed by atoms with van der Waals surface area (Å²) in [7, 11) is 0. The lowest BCUT2D eigenvalue weighted by atomic mass is 9.93. The van der Waals surface area contributed by atoms with Crippen molar-refractivity contribution < 1.29 is 24.6 Å². The maximum Gasteiger partial charge on any atom is 0.270 e. The number of carbonyl (C=O) groups excluding carboxylic acids is 3. The van der Waals surface area contributed by atoms with Gasteiger partial charge in [-0.15, -0.1) is 0 Å².